The molecule has 0 aromatic rings. The van der Waals surface area contributed by atoms with Crippen molar-refractivity contribution in [3.8, 4) is 0 Å². The van der Waals surface area contributed by atoms with E-state index in [2.05, 4.69) is 0 Å². The second-order valence-electron chi connectivity index (χ2n) is 1.83. The molecular weight excluding hydrogens is 131 g/mol. The molecule has 1 unspecified atom stereocenters. The van der Waals surface area contributed by atoms with Gasteiger partial charge in [-0.25, -0.2) is 0 Å². The fraction of sp³-hybridized carbons (Fsp3) is 1.00. The van der Waals surface area contributed by atoms with Crippen LogP contribution in [0.1, 0.15) is 6.92 Å². The summed E-state index contributed by atoms with van der Waals surface area (Å²) in [7, 11) is 0. The summed E-state index contributed by atoms with van der Waals surface area (Å²) >= 11 is 0. The number of aliphatic hydroxyl groups excluding tert-OH is 2. The van der Waals surface area contributed by atoms with E-state index < -0.39 is 12.0 Å². The van der Waals surface area contributed by atoms with Crippen molar-refractivity contribution in [3.63, 3.8) is 0 Å². The molecule has 0 saturated carbocycles. The van der Waals surface area contributed by atoms with Gasteiger partial charge in [0.2, 0.25) is 0 Å². The molecule has 0 radical (unpaired) electrons. The average molecular weight is 142 g/mol. The zero-order chi connectivity index (χ0) is 6.57. The maximum absolute atomic E-state index is 10.4. The Morgan fingerprint density at radius 1 is 1.33 bits per heavy atom. The maximum atomic E-state index is 10.4. The van der Waals surface area contributed by atoms with Crippen LogP contribution in [0.25, 0.3) is 0 Å². The Bertz CT molecular complexity index is 54.2. The van der Waals surface area contributed by atoms with Crippen molar-refractivity contribution in [1.82, 2.24) is 0 Å². The third-order valence-electron chi connectivity index (χ3n) is 1.13. The van der Waals surface area contributed by atoms with E-state index in [0.29, 0.717) is 0 Å². The van der Waals surface area contributed by atoms with E-state index in [4.69, 9.17) is 10.2 Å². The van der Waals surface area contributed by atoms with Crippen LogP contribution in [-0.2, 0) is 0 Å². The van der Waals surface area contributed by atoms with Crippen molar-refractivity contribution in [1.29, 1.82) is 0 Å². The quantitative estimate of drug-likeness (QED) is 0.389. The summed E-state index contributed by atoms with van der Waals surface area (Å²) in [6.45, 7) is 0.986. The second-order valence-corrected chi connectivity index (χ2v) is 1.83. The van der Waals surface area contributed by atoms with E-state index in [0.717, 1.165) is 0 Å². The molecule has 0 amide bonds. The summed E-state index contributed by atoms with van der Waals surface area (Å²) in [6.07, 6.45) is -0.870. The van der Waals surface area contributed by atoms with Crippen molar-refractivity contribution in [2.24, 2.45) is 5.92 Å². The summed E-state index contributed by atoms with van der Waals surface area (Å²) < 4.78 is 0. The standard InChI is InChI=1S/C5H11O3.Na/c1-4(8)5(2-6)3-7;/h4-7H,2-3H2,1H3;/q-1;+1. The number of hydrogen-bond acceptors (Lipinski definition) is 3. The molecule has 0 aliphatic carbocycles. The Labute approximate surface area is 77.0 Å². The van der Waals surface area contributed by atoms with Crippen LogP contribution in [0.5, 0.6) is 0 Å². The first kappa shape index (κ1) is 12.5. The number of hydrogen-bond donors (Lipinski definition) is 2. The molecule has 3 nitrogen and oxygen atoms in total. The van der Waals surface area contributed by atoms with Crippen LogP contribution >= 0.6 is 0 Å². The van der Waals surface area contributed by atoms with Gasteiger partial charge < -0.3 is 15.3 Å². The normalized spacial score (nSPS) is 13.0. The molecule has 0 aliphatic heterocycles. The first-order chi connectivity index (χ1) is 3.72. The first-order valence-corrected chi connectivity index (χ1v) is 2.60. The van der Waals surface area contributed by atoms with E-state index in [1.165, 1.54) is 6.92 Å². The Morgan fingerprint density at radius 2 is 1.67 bits per heavy atom. The van der Waals surface area contributed by atoms with Crippen molar-refractivity contribution < 1.29 is 44.9 Å². The molecule has 0 rings (SSSR count). The van der Waals surface area contributed by atoms with Gasteiger partial charge in [-0.15, -0.1) is 6.10 Å². The smallest absolute Gasteiger partial charge is 0.852 e. The summed E-state index contributed by atoms with van der Waals surface area (Å²) in [5, 5.41) is 27.0. The van der Waals surface area contributed by atoms with E-state index in [9.17, 15) is 5.11 Å². The Hall–Kier alpha value is 0.880. The Kier molecular flexibility index (Phi) is 9.75. The molecule has 4 heteroatoms. The van der Waals surface area contributed by atoms with Crippen molar-refractivity contribution in [3.05, 3.63) is 0 Å². The third-order valence-corrected chi connectivity index (χ3v) is 1.13. The predicted molar refractivity (Wildman–Crippen MR) is 27.1 cm³/mol. The molecule has 0 fully saturated rings. The van der Waals surface area contributed by atoms with Gasteiger partial charge in [-0.05, 0) is 5.92 Å². The van der Waals surface area contributed by atoms with Crippen LogP contribution in [0.4, 0.5) is 0 Å². The number of rotatable bonds is 3. The van der Waals surface area contributed by atoms with E-state index in [1.54, 1.807) is 0 Å². The van der Waals surface area contributed by atoms with Crippen LogP contribution in [0.2, 0.25) is 0 Å². The Balaban J connectivity index is 0. The number of aliphatic hydroxyl groups is 2. The van der Waals surface area contributed by atoms with Gasteiger partial charge in [0, 0.05) is 13.2 Å². The molecule has 1 atom stereocenters. The fourth-order valence-corrected chi connectivity index (χ4v) is 0.355. The van der Waals surface area contributed by atoms with Gasteiger partial charge >= 0.3 is 29.6 Å². The van der Waals surface area contributed by atoms with Gasteiger partial charge in [0.25, 0.3) is 0 Å². The molecule has 0 heterocycles. The average Bonchev–Trinajstić information content (AvgIpc) is 1.69. The fourth-order valence-electron chi connectivity index (χ4n) is 0.355. The minimum atomic E-state index is -0.870. The zero-order valence-electron chi connectivity index (χ0n) is 5.87. The van der Waals surface area contributed by atoms with Gasteiger partial charge in [-0.1, -0.05) is 6.92 Å². The zero-order valence-corrected chi connectivity index (χ0v) is 7.87. The van der Waals surface area contributed by atoms with Crippen LogP contribution < -0.4 is 34.7 Å². The van der Waals surface area contributed by atoms with Crippen molar-refractivity contribution in [2.45, 2.75) is 13.0 Å². The Morgan fingerprint density at radius 3 is 1.67 bits per heavy atom. The van der Waals surface area contributed by atoms with E-state index in [-0.39, 0.29) is 42.8 Å². The van der Waals surface area contributed by atoms with Crippen molar-refractivity contribution in [2.75, 3.05) is 13.2 Å². The second kappa shape index (κ2) is 6.99. The maximum Gasteiger partial charge on any atom is 1.00 e. The van der Waals surface area contributed by atoms with Crippen molar-refractivity contribution >= 4 is 0 Å². The molecule has 0 saturated heterocycles. The topological polar surface area (TPSA) is 63.5 Å². The molecular formula is C5H11NaO3. The van der Waals surface area contributed by atoms with Gasteiger partial charge in [0.05, 0.1) is 0 Å². The minimum absolute atomic E-state index is 0. The molecule has 0 aliphatic rings. The van der Waals surface area contributed by atoms with Gasteiger partial charge in [0.1, 0.15) is 0 Å². The molecule has 0 spiro atoms. The van der Waals surface area contributed by atoms with Crippen LogP contribution in [0, 0.1) is 5.92 Å². The molecule has 2 N–H and O–H groups in total. The van der Waals surface area contributed by atoms with E-state index >= 15 is 0 Å². The van der Waals surface area contributed by atoms with Gasteiger partial charge in [-0.3, -0.25) is 0 Å². The monoisotopic (exact) mass is 142 g/mol. The first-order valence-electron chi connectivity index (χ1n) is 2.60. The SMILES string of the molecule is CC([O-])C(CO)CO.[Na+]. The molecule has 0 bridgehead atoms. The molecule has 0 aromatic heterocycles. The summed E-state index contributed by atoms with van der Waals surface area (Å²) in [5.41, 5.74) is 0. The predicted octanol–water partition coefficient (Wildman–Crippen LogP) is -4.66. The summed E-state index contributed by atoms with van der Waals surface area (Å²) in [5.74, 6) is -0.491. The van der Waals surface area contributed by atoms with Crippen LogP contribution in [-0.4, -0.2) is 29.5 Å². The largest absolute Gasteiger partial charge is 1.00 e. The third kappa shape index (κ3) is 5.33. The van der Waals surface area contributed by atoms with E-state index in [1.807, 2.05) is 0 Å². The van der Waals surface area contributed by atoms with Crippen LogP contribution in [0.3, 0.4) is 0 Å². The van der Waals surface area contributed by atoms with Gasteiger partial charge in [0.15, 0.2) is 0 Å². The van der Waals surface area contributed by atoms with Crippen LogP contribution in [0.15, 0.2) is 0 Å². The summed E-state index contributed by atoms with van der Waals surface area (Å²) in [6, 6.07) is 0. The molecule has 50 valence electrons. The minimum Gasteiger partial charge on any atom is -0.852 e. The van der Waals surface area contributed by atoms with Gasteiger partial charge in [-0.2, -0.15) is 0 Å². The molecule has 0 aromatic carbocycles. The molecule has 9 heavy (non-hydrogen) atoms. The summed E-state index contributed by atoms with van der Waals surface area (Å²) in [4.78, 5) is 0.